The summed E-state index contributed by atoms with van der Waals surface area (Å²) in [6, 6.07) is 0. The molecule has 0 aliphatic heterocycles. The van der Waals surface area contributed by atoms with Crippen molar-refractivity contribution in [2.45, 2.75) is 44.7 Å². The molecule has 0 saturated heterocycles. The highest BCUT2D eigenvalue weighted by Crippen LogP contribution is 2.48. The van der Waals surface area contributed by atoms with Crippen LogP contribution in [0.2, 0.25) is 0 Å². The molecule has 0 radical (unpaired) electrons. The fourth-order valence-electron chi connectivity index (χ4n) is 1.89. The van der Waals surface area contributed by atoms with E-state index in [-0.39, 0.29) is 5.92 Å². The highest BCUT2D eigenvalue weighted by Gasteiger charge is 2.32. The molecule has 0 amide bonds. The molecule has 0 aromatic carbocycles. The Morgan fingerprint density at radius 3 is 2.17 bits per heavy atom. The SMILES string of the molecule is CC(C1CCCCC1)P(=O)(O)O. The second-order valence-electron chi connectivity index (χ2n) is 3.73. The fraction of sp³-hybridized carbons (Fsp3) is 1.00. The van der Waals surface area contributed by atoms with Crippen LogP contribution in [0.5, 0.6) is 0 Å². The molecule has 1 rings (SSSR count). The van der Waals surface area contributed by atoms with Crippen molar-refractivity contribution in [1.29, 1.82) is 0 Å². The van der Waals surface area contributed by atoms with E-state index < -0.39 is 13.3 Å². The second kappa shape index (κ2) is 3.91. The second-order valence-corrected chi connectivity index (χ2v) is 5.72. The van der Waals surface area contributed by atoms with Gasteiger partial charge >= 0.3 is 7.60 Å². The lowest BCUT2D eigenvalue weighted by molar-refractivity contribution is 0.298. The normalized spacial score (nSPS) is 23.9. The lowest BCUT2D eigenvalue weighted by atomic mass is 9.87. The first kappa shape index (κ1) is 10.2. The maximum atomic E-state index is 10.9. The predicted octanol–water partition coefficient (Wildman–Crippen LogP) is 2.13. The summed E-state index contributed by atoms with van der Waals surface area (Å²) in [6.45, 7) is 1.68. The van der Waals surface area contributed by atoms with Crippen molar-refractivity contribution in [3.8, 4) is 0 Å². The highest BCUT2D eigenvalue weighted by molar-refractivity contribution is 7.52. The van der Waals surface area contributed by atoms with Gasteiger partial charge in [-0.25, -0.2) is 0 Å². The van der Waals surface area contributed by atoms with Gasteiger partial charge in [-0.05, 0) is 18.8 Å². The topological polar surface area (TPSA) is 57.5 Å². The molecule has 1 saturated carbocycles. The van der Waals surface area contributed by atoms with E-state index in [0.29, 0.717) is 0 Å². The highest BCUT2D eigenvalue weighted by atomic mass is 31.2. The van der Waals surface area contributed by atoms with Crippen LogP contribution in [0.3, 0.4) is 0 Å². The van der Waals surface area contributed by atoms with E-state index in [9.17, 15) is 4.57 Å². The maximum Gasteiger partial charge on any atom is 0.328 e. The average molecular weight is 192 g/mol. The molecule has 2 N–H and O–H groups in total. The number of hydrogen-bond donors (Lipinski definition) is 2. The molecule has 0 heterocycles. The van der Waals surface area contributed by atoms with E-state index in [1.165, 1.54) is 6.42 Å². The molecular weight excluding hydrogens is 175 g/mol. The lowest BCUT2D eigenvalue weighted by Crippen LogP contribution is -2.20. The first-order valence-electron chi connectivity index (χ1n) is 4.57. The van der Waals surface area contributed by atoms with Crippen LogP contribution in [0.4, 0.5) is 0 Å². The monoisotopic (exact) mass is 192 g/mol. The Balaban J connectivity index is 2.51. The molecule has 72 valence electrons. The number of hydrogen-bond acceptors (Lipinski definition) is 1. The van der Waals surface area contributed by atoms with Crippen molar-refractivity contribution in [2.75, 3.05) is 0 Å². The zero-order valence-electron chi connectivity index (χ0n) is 7.44. The Hall–Kier alpha value is 0.150. The Morgan fingerprint density at radius 1 is 1.25 bits per heavy atom. The van der Waals surface area contributed by atoms with Crippen molar-refractivity contribution >= 4 is 7.60 Å². The van der Waals surface area contributed by atoms with Crippen LogP contribution in [0, 0.1) is 5.92 Å². The van der Waals surface area contributed by atoms with Crippen molar-refractivity contribution in [3.63, 3.8) is 0 Å². The van der Waals surface area contributed by atoms with Crippen LogP contribution >= 0.6 is 7.60 Å². The Morgan fingerprint density at radius 2 is 1.75 bits per heavy atom. The summed E-state index contributed by atoms with van der Waals surface area (Å²) in [4.78, 5) is 17.9. The summed E-state index contributed by atoms with van der Waals surface area (Å²) < 4.78 is 10.9. The van der Waals surface area contributed by atoms with Gasteiger partial charge in [0.15, 0.2) is 0 Å². The quantitative estimate of drug-likeness (QED) is 0.659. The van der Waals surface area contributed by atoms with E-state index in [1.807, 2.05) is 0 Å². The standard InChI is InChI=1S/C8H17O3P/c1-7(12(9,10)11)8-5-3-2-4-6-8/h7-8H,2-6H2,1H3,(H2,9,10,11). The van der Waals surface area contributed by atoms with Gasteiger partial charge in [-0.2, -0.15) is 0 Å². The molecule has 1 aliphatic carbocycles. The van der Waals surface area contributed by atoms with Crippen LogP contribution < -0.4 is 0 Å². The zero-order valence-corrected chi connectivity index (χ0v) is 8.33. The smallest absolute Gasteiger partial charge is 0.324 e. The molecule has 0 aromatic heterocycles. The van der Waals surface area contributed by atoms with Gasteiger partial charge in [-0.3, -0.25) is 4.57 Å². The third-order valence-electron chi connectivity index (χ3n) is 2.86. The average Bonchev–Trinajstić information content (AvgIpc) is 2.03. The summed E-state index contributed by atoms with van der Waals surface area (Å²) in [5, 5.41) is 0. The Bertz CT molecular complexity index is 181. The van der Waals surface area contributed by atoms with Gasteiger partial charge in [0.1, 0.15) is 0 Å². The third kappa shape index (κ3) is 2.58. The van der Waals surface area contributed by atoms with Gasteiger partial charge in [0.2, 0.25) is 0 Å². The number of rotatable bonds is 2. The van der Waals surface area contributed by atoms with Crippen molar-refractivity contribution < 1.29 is 14.4 Å². The minimum Gasteiger partial charge on any atom is -0.324 e. The molecule has 0 aromatic rings. The van der Waals surface area contributed by atoms with Crippen molar-refractivity contribution in [2.24, 2.45) is 5.92 Å². The Kier molecular flexibility index (Phi) is 3.33. The minimum absolute atomic E-state index is 0.250. The van der Waals surface area contributed by atoms with E-state index >= 15 is 0 Å². The largest absolute Gasteiger partial charge is 0.328 e. The fourth-order valence-corrected chi connectivity index (χ4v) is 2.74. The van der Waals surface area contributed by atoms with Gasteiger partial charge in [-0.1, -0.05) is 26.2 Å². The lowest BCUT2D eigenvalue weighted by Gasteiger charge is -2.27. The Labute approximate surface area is 73.3 Å². The molecule has 12 heavy (non-hydrogen) atoms. The zero-order chi connectivity index (χ0) is 9.19. The first-order chi connectivity index (χ1) is 5.52. The first-order valence-corrected chi connectivity index (χ1v) is 6.25. The molecule has 1 fully saturated rings. The van der Waals surface area contributed by atoms with Gasteiger partial charge in [0, 0.05) is 0 Å². The van der Waals surface area contributed by atoms with Gasteiger partial charge < -0.3 is 9.79 Å². The summed E-state index contributed by atoms with van der Waals surface area (Å²) in [7, 11) is -3.83. The molecule has 1 unspecified atom stereocenters. The van der Waals surface area contributed by atoms with Crippen LogP contribution in [0.25, 0.3) is 0 Å². The molecule has 0 bridgehead atoms. The van der Waals surface area contributed by atoms with Crippen LogP contribution in [0.15, 0.2) is 0 Å². The van der Waals surface area contributed by atoms with Gasteiger partial charge in [0.25, 0.3) is 0 Å². The minimum atomic E-state index is -3.83. The molecule has 3 nitrogen and oxygen atoms in total. The predicted molar refractivity (Wildman–Crippen MR) is 48.1 cm³/mol. The summed E-state index contributed by atoms with van der Waals surface area (Å²) >= 11 is 0. The summed E-state index contributed by atoms with van der Waals surface area (Å²) in [5.74, 6) is 0.250. The van der Waals surface area contributed by atoms with Crippen LogP contribution in [-0.2, 0) is 4.57 Å². The van der Waals surface area contributed by atoms with Gasteiger partial charge in [0.05, 0.1) is 5.66 Å². The summed E-state index contributed by atoms with van der Waals surface area (Å²) in [5.41, 5.74) is -0.433. The van der Waals surface area contributed by atoms with Crippen LogP contribution in [-0.4, -0.2) is 15.4 Å². The van der Waals surface area contributed by atoms with E-state index in [2.05, 4.69) is 0 Å². The maximum absolute atomic E-state index is 10.9. The van der Waals surface area contributed by atoms with E-state index in [1.54, 1.807) is 6.92 Å². The molecule has 1 atom stereocenters. The third-order valence-corrected chi connectivity index (χ3v) is 4.35. The van der Waals surface area contributed by atoms with E-state index in [4.69, 9.17) is 9.79 Å². The van der Waals surface area contributed by atoms with Crippen LogP contribution in [0.1, 0.15) is 39.0 Å². The van der Waals surface area contributed by atoms with Crippen molar-refractivity contribution in [3.05, 3.63) is 0 Å². The van der Waals surface area contributed by atoms with E-state index in [0.717, 1.165) is 25.7 Å². The van der Waals surface area contributed by atoms with Gasteiger partial charge in [-0.15, -0.1) is 0 Å². The molecule has 1 aliphatic rings. The van der Waals surface area contributed by atoms with Crippen molar-refractivity contribution in [1.82, 2.24) is 0 Å². The molecule has 4 heteroatoms. The summed E-state index contributed by atoms with van der Waals surface area (Å²) in [6.07, 6.45) is 5.48. The molecule has 0 spiro atoms. The molecular formula is C8H17O3P.